The van der Waals surface area contributed by atoms with Gasteiger partial charge < -0.3 is 15.5 Å². The molecule has 1 aliphatic heterocycles. The van der Waals surface area contributed by atoms with Gasteiger partial charge in [-0.15, -0.1) is 0 Å². The van der Waals surface area contributed by atoms with Gasteiger partial charge >= 0.3 is 0 Å². The lowest BCUT2D eigenvalue weighted by Crippen LogP contribution is -2.19. The van der Waals surface area contributed by atoms with E-state index in [1.807, 2.05) is 20.2 Å². The van der Waals surface area contributed by atoms with Crippen molar-refractivity contribution >= 4 is 40.6 Å². The van der Waals surface area contributed by atoms with Crippen molar-refractivity contribution in [3.63, 3.8) is 0 Å². The third-order valence-corrected chi connectivity index (χ3v) is 3.95. The van der Waals surface area contributed by atoms with Crippen LogP contribution in [0.1, 0.15) is 22.3 Å². The van der Waals surface area contributed by atoms with Crippen molar-refractivity contribution in [2.45, 2.75) is 12.8 Å². The number of aryl methyl sites for hydroxylation is 1. The fourth-order valence-corrected chi connectivity index (χ4v) is 2.71. The summed E-state index contributed by atoms with van der Waals surface area (Å²) in [7, 11) is 3.66. The number of benzene rings is 1. The number of carbonyl (C=O) groups is 2. The van der Waals surface area contributed by atoms with Crippen molar-refractivity contribution in [3.05, 3.63) is 46.6 Å². The molecule has 0 spiro atoms. The predicted octanol–water partition coefficient (Wildman–Crippen LogP) is 2.94. The first kappa shape index (κ1) is 16.3. The van der Waals surface area contributed by atoms with Gasteiger partial charge in [0, 0.05) is 37.5 Å². The number of nitrogens with zero attached hydrogens (tertiary/aromatic N) is 2. The zero-order chi connectivity index (χ0) is 17.3. The van der Waals surface area contributed by atoms with E-state index < -0.39 is 0 Å². The summed E-state index contributed by atoms with van der Waals surface area (Å²) in [4.78, 5) is 29.8. The molecule has 24 heavy (non-hydrogen) atoms. The van der Waals surface area contributed by atoms with Crippen molar-refractivity contribution in [2.24, 2.45) is 0 Å². The van der Waals surface area contributed by atoms with Crippen LogP contribution in [0.2, 0.25) is 5.15 Å². The molecule has 2 aromatic rings. The van der Waals surface area contributed by atoms with Gasteiger partial charge in [-0.3, -0.25) is 9.59 Å². The number of hydrogen-bond donors (Lipinski definition) is 2. The van der Waals surface area contributed by atoms with Crippen LogP contribution in [-0.2, 0) is 11.2 Å². The topological polar surface area (TPSA) is 74.3 Å². The average Bonchev–Trinajstić information content (AvgIpc) is 2.54. The van der Waals surface area contributed by atoms with Crippen LogP contribution in [0, 0.1) is 0 Å². The van der Waals surface area contributed by atoms with Crippen LogP contribution >= 0.6 is 11.6 Å². The second-order valence-corrected chi connectivity index (χ2v) is 6.19. The number of halogens is 1. The van der Waals surface area contributed by atoms with Crippen molar-refractivity contribution in [1.29, 1.82) is 0 Å². The first-order valence-electron chi connectivity index (χ1n) is 7.51. The monoisotopic (exact) mass is 344 g/mol. The minimum absolute atomic E-state index is 0.0157. The summed E-state index contributed by atoms with van der Waals surface area (Å²) in [6.45, 7) is 0. The molecule has 124 valence electrons. The maximum atomic E-state index is 12.5. The number of fused-ring (bicyclic) bond motifs is 1. The third-order valence-electron chi connectivity index (χ3n) is 3.76. The molecule has 0 fully saturated rings. The van der Waals surface area contributed by atoms with Gasteiger partial charge in [-0.05, 0) is 42.3 Å². The number of carbonyl (C=O) groups excluding carboxylic acids is 2. The third kappa shape index (κ3) is 3.49. The maximum Gasteiger partial charge on any atom is 0.255 e. The molecule has 2 amide bonds. The molecule has 0 aliphatic carbocycles. The Labute approximate surface area is 144 Å². The molecule has 0 saturated carbocycles. The van der Waals surface area contributed by atoms with E-state index in [1.165, 1.54) is 6.07 Å². The molecule has 2 N–H and O–H groups in total. The Morgan fingerprint density at radius 1 is 1.25 bits per heavy atom. The second kappa shape index (κ2) is 6.49. The summed E-state index contributed by atoms with van der Waals surface area (Å²) >= 11 is 5.99. The predicted molar refractivity (Wildman–Crippen MR) is 94.9 cm³/mol. The zero-order valence-corrected chi connectivity index (χ0v) is 14.1. The van der Waals surface area contributed by atoms with Crippen LogP contribution in [0.15, 0.2) is 30.3 Å². The lowest BCUT2D eigenvalue weighted by Gasteiger charge is -2.18. The maximum absolute atomic E-state index is 12.5. The van der Waals surface area contributed by atoms with E-state index in [2.05, 4.69) is 15.6 Å². The molecular formula is C17H17ClN4O2. The fourth-order valence-electron chi connectivity index (χ4n) is 2.51. The highest BCUT2D eigenvalue weighted by molar-refractivity contribution is 6.30. The summed E-state index contributed by atoms with van der Waals surface area (Å²) in [6, 6.07) is 8.65. The minimum Gasteiger partial charge on any atom is -0.363 e. The normalized spacial score (nSPS) is 13.0. The summed E-state index contributed by atoms with van der Waals surface area (Å²) in [6.07, 6.45) is 1.12. The van der Waals surface area contributed by atoms with Crippen molar-refractivity contribution in [2.75, 3.05) is 29.6 Å². The highest BCUT2D eigenvalue weighted by Crippen LogP contribution is 2.26. The summed E-state index contributed by atoms with van der Waals surface area (Å²) in [5.74, 6) is 0.366. The van der Waals surface area contributed by atoms with Gasteiger partial charge in [0.15, 0.2) is 0 Å². The number of anilines is 3. The van der Waals surface area contributed by atoms with Crippen LogP contribution in [0.3, 0.4) is 0 Å². The Morgan fingerprint density at radius 2 is 2.04 bits per heavy atom. The first-order chi connectivity index (χ1) is 11.4. The number of rotatable bonds is 3. The highest BCUT2D eigenvalue weighted by atomic mass is 35.5. The molecule has 0 saturated heterocycles. The molecule has 1 aliphatic rings. The zero-order valence-electron chi connectivity index (χ0n) is 13.4. The van der Waals surface area contributed by atoms with E-state index in [4.69, 9.17) is 11.6 Å². The van der Waals surface area contributed by atoms with E-state index in [9.17, 15) is 9.59 Å². The second-order valence-electron chi connectivity index (χ2n) is 5.81. The Bertz CT molecular complexity index is 820. The lowest BCUT2D eigenvalue weighted by molar-refractivity contribution is -0.116. The van der Waals surface area contributed by atoms with Gasteiger partial charge in [0.1, 0.15) is 11.0 Å². The van der Waals surface area contributed by atoms with Crippen LogP contribution in [-0.4, -0.2) is 30.9 Å². The van der Waals surface area contributed by atoms with E-state index >= 15 is 0 Å². The molecule has 0 bridgehead atoms. The molecule has 2 heterocycles. The Morgan fingerprint density at radius 3 is 2.79 bits per heavy atom. The lowest BCUT2D eigenvalue weighted by atomic mass is 10.0. The van der Waals surface area contributed by atoms with E-state index in [0.717, 1.165) is 11.3 Å². The largest absolute Gasteiger partial charge is 0.363 e. The molecule has 1 aromatic carbocycles. The Kier molecular flexibility index (Phi) is 4.40. The molecule has 3 rings (SSSR count). The average molecular weight is 345 g/mol. The van der Waals surface area contributed by atoms with Gasteiger partial charge in [-0.1, -0.05) is 11.6 Å². The van der Waals surface area contributed by atoms with Gasteiger partial charge in [-0.25, -0.2) is 4.98 Å². The minimum atomic E-state index is -0.262. The van der Waals surface area contributed by atoms with E-state index in [-0.39, 0.29) is 17.0 Å². The molecule has 1 aromatic heterocycles. The molecule has 0 radical (unpaired) electrons. The molecule has 7 heteroatoms. The van der Waals surface area contributed by atoms with Crippen LogP contribution in [0.5, 0.6) is 0 Å². The van der Waals surface area contributed by atoms with Crippen LogP contribution in [0.25, 0.3) is 0 Å². The summed E-state index contributed by atoms with van der Waals surface area (Å²) in [5, 5.41) is 5.94. The van der Waals surface area contributed by atoms with Crippen LogP contribution < -0.4 is 15.5 Å². The molecular weight excluding hydrogens is 328 g/mol. The van der Waals surface area contributed by atoms with E-state index in [1.54, 1.807) is 23.1 Å². The van der Waals surface area contributed by atoms with Gasteiger partial charge in [0.25, 0.3) is 5.91 Å². The SMILES string of the molecule is CN(C)c1cc(C(=O)Nc2ccc3c(c2)CCC(=O)N3)cc(Cl)n1. The molecule has 0 atom stereocenters. The van der Waals surface area contributed by atoms with Crippen molar-refractivity contribution < 1.29 is 9.59 Å². The summed E-state index contributed by atoms with van der Waals surface area (Å²) in [5.41, 5.74) is 2.92. The number of aromatic nitrogens is 1. The van der Waals surface area contributed by atoms with Crippen LogP contribution in [0.4, 0.5) is 17.2 Å². The van der Waals surface area contributed by atoms with E-state index in [0.29, 0.717) is 29.9 Å². The van der Waals surface area contributed by atoms with Gasteiger partial charge in [0.2, 0.25) is 5.91 Å². The van der Waals surface area contributed by atoms with Gasteiger partial charge in [-0.2, -0.15) is 0 Å². The number of pyridine rings is 1. The number of hydrogen-bond acceptors (Lipinski definition) is 4. The van der Waals surface area contributed by atoms with Crippen molar-refractivity contribution in [1.82, 2.24) is 4.98 Å². The first-order valence-corrected chi connectivity index (χ1v) is 7.89. The molecule has 6 nitrogen and oxygen atoms in total. The Hall–Kier alpha value is -2.60. The smallest absolute Gasteiger partial charge is 0.255 e. The number of nitrogens with one attached hydrogen (secondary N) is 2. The molecule has 0 unspecified atom stereocenters. The highest BCUT2D eigenvalue weighted by Gasteiger charge is 2.16. The number of amides is 2. The van der Waals surface area contributed by atoms with Crippen molar-refractivity contribution in [3.8, 4) is 0 Å². The summed E-state index contributed by atoms with van der Waals surface area (Å²) < 4.78 is 0. The van der Waals surface area contributed by atoms with Gasteiger partial charge in [0.05, 0.1) is 0 Å². The Balaban J connectivity index is 1.81. The fraction of sp³-hybridized carbons (Fsp3) is 0.235. The standard InChI is InChI=1S/C17H17ClN4O2/c1-22(2)15-9-11(8-14(18)21-15)17(24)19-12-4-5-13-10(7-12)3-6-16(23)20-13/h4-5,7-9H,3,6H2,1-2H3,(H,19,24)(H,20,23). The quantitative estimate of drug-likeness (QED) is 0.839.